The van der Waals surface area contributed by atoms with Crippen molar-refractivity contribution < 1.29 is 14.2 Å². The summed E-state index contributed by atoms with van der Waals surface area (Å²) in [4.78, 5) is 0. The summed E-state index contributed by atoms with van der Waals surface area (Å²) in [6, 6.07) is 11.9. The van der Waals surface area contributed by atoms with Crippen LogP contribution in [0.15, 0.2) is 42.5 Å². The standard InChI is InChI=1S/C16H18FNO2/c1-11(14-5-3-4-6-15(14)17)18-13-7-8-16(20-2)12(9-13)10-19/h3-9,11,18-19H,10H2,1-2H3. The molecule has 4 heteroatoms. The Morgan fingerprint density at radius 3 is 2.65 bits per heavy atom. The maximum atomic E-state index is 13.7. The highest BCUT2D eigenvalue weighted by molar-refractivity contribution is 5.52. The van der Waals surface area contributed by atoms with Crippen LogP contribution in [0.2, 0.25) is 0 Å². The van der Waals surface area contributed by atoms with Crippen LogP contribution < -0.4 is 10.1 Å². The van der Waals surface area contributed by atoms with Gasteiger partial charge in [-0.3, -0.25) is 0 Å². The Morgan fingerprint density at radius 1 is 1.25 bits per heavy atom. The summed E-state index contributed by atoms with van der Waals surface area (Å²) in [6.07, 6.45) is 0. The minimum atomic E-state index is -0.233. The molecule has 0 aromatic heterocycles. The molecule has 0 aliphatic carbocycles. The predicted molar refractivity (Wildman–Crippen MR) is 77.4 cm³/mol. The molecule has 0 saturated carbocycles. The zero-order valence-corrected chi connectivity index (χ0v) is 11.6. The summed E-state index contributed by atoms with van der Waals surface area (Å²) in [5.41, 5.74) is 2.11. The molecule has 0 spiro atoms. The Bertz CT molecular complexity index is 586. The molecule has 3 nitrogen and oxygen atoms in total. The second kappa shape index (κ2) is 6.39. The van der Waals surface area contributed by atoms with Gasteiger partial charge in [-0.2, -0.15) is 0 Å². The summed E-state index contributed by atoms with van der Waals surface area (Å²) < 4.78 is 18.9. The van der Waals surface area contributed by atoms with Gasteiger partial charge in [0.25, 0.3) is 0 Å². The smallest absolute Gasteiger partial charge is 0.128 e. The van der Waals surface area contributed by atoms with Crippen molar-refractivity contribution in [2.45, 2.75) is 19.6 Å². The summed E-state index contributed by atoms with van der Waals surface area (Å²) in [7, 11) is 1.56. The number of benzene rings is 2. The molecule has 0 saturated heterocycles. The predicted octanol–water partition coefficient (Wildman–Crippen LogP) is 3.50. The first kappa shape index (κ1) is 14.3. The number of nitrogens with one attached hydrogen (secondary N) is 1. The van der Waals surface area contributed by atoms with E-state index in [1.807, 2.05) is 19.1 Å². The van der Waals surface area contributed by atoms with Crippen LogP contribution in [-0.2, 0) is 6.61 Å². The molecule has 1 unspecified atom stereocenters. The van der Waals surface area contributed by atoms with Gasteiger partial charge in [0, 0.05) is 16.8 Å². The fraction of sp³-hybridized carbons (Fsp3) is 0.250. The van der Waals surface area contributed by atoms with E-state index in [2.05, 4.69) is 5.32 Å². The summed E-state index contributed by atoms with van der Waals surface area (Å²) in [6.45, 7) is 1.79. The SMILES string of the molecule is COc1ccc(NC(C)c2ccccc2F)cc1CO. The van der Waals surface area contributed by atoms with E-state index in [4.69, 9.17) is 4.74 Å². The Kier molecular flexibility index (Phi) is 4.58. The number of rotatable bonds is 5. The normalized spacial score (nSPS) is 12.0. The van der Waals surface area contributed by atoms with Gasteiger partial charge >= 0.3 is 0 Å². The highest BCUT2D eigenvalue weighted by Crippen LogP contribution is 2.26. The number of hydrogen-bond acceptors (Lipinski definition) is 3. The molecule has 0 aliphatic heterocycles. The molecule has 1 atom stereocenters. The lowest BCUT2D eigenvalue weighted by molar-refractivity contribution is 0.274. The lowest BCUT2D eigenvalue weighted by Gasteiger charge is -2.17. The van der Waals surface area contributed by atoms with E-state index >= 15 is 0 Å². The largest absolute Gasteiger partial charge is 0.496 e. The summed E-state index contributed by atoms with van der Waals surface area (Å²) in [5, 5.41) is 12.5. The average molecular weight is 275 g/mol. The lowest BCUT2D eigenvalue weighted by atomic mass is 10.1. The first-order valence-corrected chi connectivity index (χ1v) is 6.44. The topological polar surface area (TPSA) is 41.5 Å². The van der Waals surface area contributed by atoms with Crippen molar-refractivity contribution in [3.63, 3.8) is 0 Å². The van der Waals surface area contributed by atoms with Crippen LogP contribution in [0.1, 0.15) is 24.1 Å². The van der Waals surface area contributed by atoms with E-state index in [0.717, 1.165) is 5.69 Å². The molecular formula is C16H18FNO2. The molecule has 2 N–H and O–H groups in total. The number of halogens is 1. The molecule has 0 bridgehead atoms. The van der Waals surface area contributed by atoms with Crippen molar-refractivity contribution >= 4 is 5.69 Å². The van der Waals surface area contributed by atoms with Crippen molar-refractivity contribution in [2.24, 2.45) is 0 Å². The van der Waals surface area contributed by atoms with Crippen LogP contribution in [0.4, 0.5) is 10.1 Å². The van der Waals surface area contributed by atoms with E-state index in [1.165, 1.54) is 6.07 Å². The molecule has 0 fully saturated rings. The van der Waals surface area contributed by atoms with E-state index in [0.29, 0.717) is 16.9 Å². The zero-order chi connectivity index (χ0) is 14.5. The Hall–Kier alpha value is -2.07. The molecule has 0 radical (unpaired) electrons. The van der Waals surface area contributed by atoms with Gasteiger partial charge in [-0.15, -0.1) is 0 Å². The summed E-state index contributed by atoms with van der Waals surface area (Å²) >= 11 is 0. The quantitative estimate of drug-likeness (QED) is 0.877. The zero-order valence-electron chi connectivity index (χ0n) is 11.6. The number of aliphatic hydroxyl groups excluding tert-OH is 1. The minimum absolute atomic E-state index is 0.104. The molecule has 0 aliphatic rings. The highest BCUT2D eigenvalue weighted by Gasteiger charge is 2.11. The van der Waals surface area contributed by atoms with E-state index < -0.39 is 0 Å². The first-order chi connectivity index (χ1) is 9.65. The Morgan fingerprint density at radius 2 is 2.00 bits per heavy atom. The molecule has 0 amide bonds. The van der Waals surface area contributed by atoms with Crippen LogP contribution in [-0.4, -0.2) is 12.2 Å². The van der Waals surface area contributed by atoms with Crippen LogP contribution >= 0.6 is 0 Å². The second-order valence-electron chi connectivity index (χ2n) is 4.57. The third-order valence-corrected chi connectivity index (χ3v) is 3.21. The average Bonchev–Trinajstić information content (AvgIpc) is 2.47. The minimum Gasteiger partial charge on any atom is -0.496 e. The molecule has 2 rings (SSSR count). The van der Waals surface area contributed by atoms with Gasteiger partial charge in [0.05, 0.1) is 19.8 Å². The Labute approximate surface area is 118 Å². The maximum Gasteiger partial charge on any atom is 0.128 e. The second-order valence-corrected chi connectivity index (χ2v) is 4.57. The third kappa shape index (κ3) is 3.08. The van der Waals surface area contributed by atoms with Gasteiger partial charge in [0.1, 0.15) is 11.6 Å². The van der Waals surface area contributed by atoms with Gasteiger partial charge in [-0.1, -0.05) is 18.2 Å². The lowest BCUT2D eigenvalue weighted by Crippen LogP contribution is -2.09. The van der Waals surface area contributed by atoms with Gasteiger partial charge in [-0.25, -0.2) is 4.39 Å². The molecule has 2 aromatic rings. The van der Waals surface area contributed by atoms with Crippen molar-refractivity contribution in [3.8, 4) is 5.75 Å². The fourth-order valence-corrected chi connectivity index (χ4v) is 2.15. The van der Waals surface area contributed by atoms with Gasteiger partial charge < -0.3 is 15.2 Å². The van der Waals surface area contributed by atoms with E-state index in [-0.39, 0.29) is 18.5 Å². The van der Waals surface area contributed by atoms with Crippen LogP contribution in [0.25, 0.3) is 0 Å². The van der Waals surface area contributed by atoms with Gasteiger partial charge in [0.2, 0.25) is 0 Å². The van der Waals surface area contributed by atoms with E-state index in [1.54, 1.807) is 31.4 Å². The number of hydrogen-bond donors (Lipinski definition) is 2. The van der Waals surface area contributed by atoms with Crippen LogP contribution in [0.5, 0.6) is 5.75 Å². The monoisotopic (exact) mass is 275 g/mol. The van der Waals surface area contributed by atoms with Gasteiger partial charge in [0.15, 0.2) is 0 Å². The maximum absolute atomic E-state index is 13.7. The van der Waals surface area contributed by atoms with Crippen LogP contribution in [0.3, 0.4) is 0 Å². The first-order valence-electron chi connectivity index (χ1n) is 6.44. The van der Waals surface area contributed by atoms with Crippen molar-refractivity contribution in [2.75, 3.05) is 12.4 Å². The van der Waals surface area contributed by atoms with E-state index in [9.17, 15) is 9.50 Å². The van der Waals surface area contributed by atoms with Crippen LogP contribution in [0, 0.1) is 5.82 Å². The third-order valence-electron chi connectivity index (χ3n) is 3.21. The molecular weight excluding hydrogens is 257 g/mol. The van der Waals surface area contributed by atoms with Crippen molar-refractivity contribution in [1.82, 2.24) is 0 Å². The molecule has 20 heavy (non-hydrogen) atoms. The van der Waals surface area contributed by atoms with Crippen molar-refractivity contribution in [3.05, 3.63) is 59.4 Å². The molecule has 2 aromatic carbocycles. The van der Waals surface area contributed by atoms with Gasteiger partial charge in [-0.05, 0) is 31.2 Å². The number of methoxy groups -OCH3 is 1. The number of ether oxygens (including phenoxy) is 1. The summed E-state index contributed by atoms with van der Waals surface area (Å²) in [5.74, 6) is 0.403. The Balaban J connectivity index is 2.20. The highest BCUT2D eigenvalue weighted by atomic mass is 19.1. The fourth-order valence-electron chi connectivity index (χ4n) is 2.15. The molecule has 0 heterocycles. The number of anilines is 1. The molecule has 106 valence electrons. The number of aliphatic hydroxyl groups is 1. The van der Waals surface area contributed by atoms with Crippen molar-refractivity contribution in [1.29, 1.82) is 0 Å².